The number of hydrogen-bond donors (Lipinski definition) is 1. The van der Waals surface area contributed by atoms with Gasteiger partial charge in [0.15, 0.2) is 0 Å². The molecule has 32 heavy (non-hydrogen) atoms. The molecule has 4 rings (SSSR count). The highest BCUT2D eigenvalue weighted by Gasteiger charge is 2.18. The third-order valence-electron chi connectivity index (χ3n) is 5.07. The van der Waals surface area contributed by atoms with E-state index in [4.69, 9.17) is 35.5 Å². The van der Waals surface area contributed by atoms with Gasteiger partial charge in [-0.1, -0.05) is 23.7 Å². The average molecular weight is 451 g/mol. The van der Waals surface area contributed by atoms with Crippen molar-refractivity contribution in [1.82, 2.24) is 9.97 Å². The molecular weight excluding hydrogens is 428 g/mol. The molecular formula is C25H23ClN2O4. The highest BCUT2D eigenvalue weighted by Crippen LogP contribution is 2.39. The van der Waals surface area contributed by atoms with Crippen LogP contribution in [0.15, 0.2) is 60.7 Å². The van der Waals surface area contributed by atoms with Crippen LogP contribution >= 0.6 is 11.6 Å². The number of H-pyrrole nitrogens is 1. The van der Waals surface area contributed by atoms with Crippen molar-refractivity contribution in [2.45, 2.75) is 0 Å². The van der Waals surface area contributed by atoms with Crippen LogP contribution in [-0.2, 0) is 0 Å². The van der Waals surface area contributed by atoms with Gasteiger partial charge in [-0.25, -0.2) is 4.98 Å². The summed E-state index contributed by atoms with van der Waals surface area (Å²) < 4.78 is 21.9. The Labute approximate surface area is 191 Å². The molecule has 0 spiro atoms. The Morgan fingerprint density at radius 1 is 0.656 bits per heavy atom. The Bertz CT molecular complexity index is 1140. The molecule has 1 aromatic heterocycles. The maximum Gasteiger partial charge on any atom is 0.138 e. The molecule has 1 N–H and O–H groups in total. The maximum atomic E-state index is 6.23. The van der Waals surface area contributed by atoms with Crippen LogP contribution in [0.2, 0.25) is 5.02 Å². The van der Waals surface area contributed by atoms with Gasteiger partial charge in [0, 0.05) is 33.8 Å². The van der Waals surface area contributed by atoms with Crippen LogP contribution in [0.1, 0.15) is 0 Å². The third-order valence-corrected chi connectivity index (χ3v) is 5.30. The van der Waals surface area contributed by atoms with E-state index in [9.17, 15) is 0 Å². The van der Waals surface area contributed by atoms with E-state index in [0.29, 0.717) is 33.8 Å². The van der Waals surface area contributed by atoms with Crippen LogP contribution < -0.4 is 18.9 Å². The molecule has 0 unspecified atom stereocenters. The first-order chi connectivity index (χ1) is 15.5. The van der Waals surface area contributed by atoms with Crippen molar-refractivity contribution < 1.29 is 18.9 Å². The number of hydrogen-bond acceptors (Lipinski definition) is 5. The summed E-state index contributed by atoms with van der Waals surface area (Å²) in [5.74, 6) is 3.36. The van der Waals surface area contributed by atoms with Gasteiger partial charge < -0.3 is 23.9 Å². The van der Waals surface area contributed by atoms with Crippen molar-refractivity contribution in [2.75, 3.05) is 28.4 Å². The van der Waals surface area contributed by atoms with Crippen molar-refractivity contribution in [3.05, 3.63) is 65.7 Å². The lowest BCUT2D eigenvalue weighted by Crippen LogP contribution is -1.92. The van der Waals surface area contributed by atoms with Gasteiger partial charge in [-0.15, -0.1) is 0 Å². The molecule has 7 heteroatoms. The first-order valence-electron chi connectivity index (χ1n) is 9.87. The predicted octanol–water partition coefficient (Wildman–Crippen LogP) is 6.10. The second-order valence-corrected chi connectivity index (χ2v) is 7.46. The second-order valence-electron chi connectivity index (χ2n) is 7.02. The summed E-state index contributed by atoms with van der Waals surface area (Å²) >= 11 is 6.23. The minimum absolute atomic E-state index is 0.632. The van der Waals surface area contributed by atoms with Crippen molar-refractivity contribution in [3.63, 3.8) is 0 Å². The van der Waals surface area contributed by atoms with Gasteiger partial charge in [0.25, 0.3) is 0 Å². The van der Waals surface area contributed by atoms with E-state index < -0.39 is 0 Å². The topological polar surface area (TPSA) is 65.6 Å². The molecule has 0 aliphatic carbocycles. The maximum absolute atomic E-state index is 6.23. The minimum Gasteiger partial charge on any atom is -0.497 e. The molecule has 0 saturated heterocycles. The fourth-order valence-electron chi connectivity index (χ4n) is 3.46. The number of nitrogens with zero attached hydrogens (tertiary/aromatic N) is 1. The Balaban J connectivity index is 1.97. The molecule has 0 radical (unpaired) electrons. The number of benzene rings is 3. The zero-order valence-corrected chi connectivity index (χ0v) is 19.0. The normalized spacial score (nSPS) is 10.7. The molecule has 164 valence electrons. The number of aromatic amines is 1. The van der Waals surface area contributed by atoms with Crippen LogP contribution in [0.25, 0.3) is 33.9 Å². The molecule has 0 aliphatic heterocycles. The van der Waals surface area contributed by atoms with Crippen molar-refractivity contribution in [2.24, 2.45) is 0 Å². The fraction of sp³-hybridized carbons (Fsp3) is 0.160. The molecule has 1 heterocycles. The number of halogens is 1. The third kappa shape index (κ3) is 4.36. The van der Waals surface area contributed by atoms with Gasteiger partial charge >= 0.3 is 0 Å². The second kappa shape index (κ2) is 9.24. The van der Waals surface area contributed by atoms with E-state index in [1.54, 1.807) is 28.4 Å². The summed E-state index contributed by atoms with van der Waals surface area (Å²) in [5, 5.41) is 0.632. The SMILES string of the molecule is COc1cc(OC)cc(-c2nc(-c3cccc(Cl)c3)[nH]c2-c2cc(OC)cc(OC)c2)c1. The lowest BCUT2D eigenvalue weighted by Gasteiger charge is -2.10. The first kappa shape index (κ1) is 21.6. The van der Waals surface area contributed by atoms with Gasteiger partial charge in [-0.05, 0) is 36.4 Å². The van der Waals surface area contributed by atoms with Gasteiger partial charge in [-0.3, -0.25) is 0 Å². The summed E-state index contributed by atoms with van der Waals surface area (Å²) in [6, 6.07) is 18.9. The Morgan fingerprint density at radius 3 is 1.69 bits per heavy atom. The largest absolute Gasteiger partial charge is 0.497 e. The molecule has 3 aromatic carbocycles. The van der Waals surface area contributed by atoms with E-state index in [1.165, 1.54) is 0 Å². The Hall–Kier alpha value is -3.64. The lowest BCUT2D eigenvalue weighted by atomic mass is 10.0. The zero-order chi connectivity index (χ0) is 22.7. The van der Waals surface area contributed by atoms with Crippen LogP contribution in [0, 0.1) is 0 Å². The van der Waals surface area contributed by atoms with Gasteiger partial charge in [-0.2, -0.15) is 0 Å². The molecule has 0 amide bonds. The number of nitrogens with one attached hydrogen (secondary N) is 1. The predicted molar refractivity (Wildman–Crippen MR) is 126 cm³/mol. The quantitative estimate of drug-likeness (QED) is 0.368. The van der Waals surface area contributed by atoms with Crippen LogP contribution in [-0.4, -0.2) is 38.4 Å². The summed E-state index contributed by atoms with van der Waals surface area (Å²) in [5.41, 5.74) is 4.09. The zero-order valence-electron chi connectivity index (χ0n) is 18.2. The van der Waals surface area contributed by atoms with Crippen LogP contribution in [0.3, 0.4) is 0 Å². The number of methoxy groups -OCH3 is 4. The van der Waals surface area contributed by atoms with E-state index in [2.05, 4.69) is 4.98 Å². The monoisotopic (exact) mass is 450 g/mol. The van der Waals surface area contributed by atoms with Gasteiger partial charge in [0.1, 0.15) is 28.8 Å². The van der Waals surface area contributed by atoms with E-state index in [1.807, 2.05) is 60.7 Å². The standard InChI is InChI=1S/C25H23ClN2O4/c1-29-19-9-16(10-20(13-19)30-2)23-24(17-11-21(31-3)14-22(12-17)32-4)28-25(27-23)15-6-5-7-18(26)8-15/h5-14H,1-4H3,(H,27,28). The molecule has 0 saturated carbocycles. The van der Waals surface area contributed by atoms with Gasteiger partial charge in [0.2, 0.25) is 0 Å². The van der Waals surface area contributed by atoms with Crippen LogP contribution in [0.4, 0.5) is 0 Å². The first-order valence-corrected chi connectivity index (χ1v) is 10.2. The molecule has 0 fully saturated rings. The fourth-order valence-corrected chi connectivity index (χ4v) is 3.65. The number of imidazole rings is 1. The van der Waals surface area contributed by atoms with Crippen molar-refractivity contribution in [1.29, 1.82) is 0 Å². The lowest BCUT2D eigenvalue weighted by molar-refractivity contribution is 0.394. The van der Waals surface area contributed by atoms with E-state index in [0.717, 1.165) is 28.1 Å². The Kier molecular flexibility index (Phi) is 6.23. The molecule has 0 atom stereocenters. The number of rotatable bonds is 7. The van der Waals surface area contributed by atoms with Crippen molar-refractivity contribution in [3.8, 4) is 56.9 Å². The van der Waals surface area contributed by atoms with Crippen molar-refractivity contribution >= 4 is 11.6 Å². The van der Waals surface area contributed by atoms with Gasteiger partial charge in [0.05, 0.1) is 39.8 Å². The smallest absolute Gasteiger partial charge is 0.138 e. The van der Waals surface area contributed by atoms with E-state index >= 15 is 0 Å². The van der Waals surface area contributed by atoms with E-state index in [-0.39, 0.29) is 0 Å². The van der Waals surface area contributed by atoms with Crippen LogP contribution in [0.5, 0.6) is 23.0 Å². The minimum atomic E-state index is 0.632. The molecule has 0 aliphatic rings. The highest BCUT2D eigenvalue weighted by molar-refractivity contribution is 6.30. The molecule has 4 aromatic rings. The molecule has 6 nitrogen and oxygen atoms in total. The summed E-state index contributed by atoms with van der Waals surface area (Å²) in [6.07, 6.45) is 0. The highest BCUT2D eigenvalue weighted by atomic mass is 35.5. The summed E-state index contributed by atoms with van der Waals surface area (Å²) in [7, 11) is 6.48. The molecule has 0 bridgehead atoms. The average Bonchev–Trinajstić information content (AvgIpc) is 3.29. The number of ether oxygens (including phenoxy) is 4. The summed E-state index contributed by atoms with van der Waals surface area (Å²) in [6.45, 7) is 0. The summed E-state index contributed by atoms with van der Waals surface area (Å²) in [4.78, 5) is 8.38. The Morgan fingerprint density at radius 2 is 1.19 bits per heavy atom. The number of aromatic nitrogens is 2.